The number of carbonyl (C=O) groups is 1. The molecule has 6 heteroatoms. The normalized spacial score (nSPS) is 13.1. The van der Waals surface area contributed by atoms with Gasteiger partial charge in [-0.25, -0.2) is 4.98 Å². The van der Waals surface area contributed by atoms with E-state index in [1.807, 2.05) is 42.5 Å². The molecule has 0 bridgehead atoms. The molecule has 0 aliphatic heterocycles. The minimum Gasteiger partial charge on any atom is -0.497 e. The van der Waals surface area contributed by atoms with Crippen LogP contribution in [0.3, 0.4) is 0 Å². The van der Waals surface area contributed by atoms with Crippen LogP contribution in [0.4, 0.5) is 11.4 Å². The number of hydrogen-bond acceptors (Lipinski definition) is 5. The van der Waals surface area contributed by atoms with Crippen molar-refractivity contribution in [2.24, 2.45) is 0 Å². The molecule has 1 aliphatic rings. The summed E-state index contributed by atoms with van der Waals surface area (Å²) in [7, 11) is 1.66. The van der Waals surface area contributed by atoms with Crippen molar-refractivity contribution in [3.63, 3.8) is 0 Å². The first kappa shape index (κ1) is 19.6. The van der Waals surface area contributed by atoms with Crippen molar-refractivity contribution in [3.05, 3.63) is 70.7 Å². The van der Waals surface area contributed by atoms with Crippen LogP contribution >= 0.6 is 11.3 Å². The summed E-state index contributed by atoms with van der Waals surface area (Å²) in [6.45, 7) is 0. The van der Waals surface area contributed by atoms with Gasteiger partial charge in [0.15, 0.2) is 0 Å². The lowest BCUT2D eigenvalue weighted by atomic mass is 9.87. The Morgan fingerprint density at radius 3 is 2.55 bits per heavy atom. The van der Waals surface area contributed by atoms with Gasteiger partial charge in [-0.05, 0) is 66.6 Å². The summed E-state index contributed by atoms with van der Waals surface area (Å²) in [6, 6.07) is 17.5. The lowest BCUT2D eigenvalue weighted by Crippen LogP contribution is -2.12. The molecule has 0 radical (unpaired) electrons. The van der Waals surface area contributed by atoms with Crippen LogP contribution in [-0.2, 0) is 12.8 Å². The van der Waals surface area contributed by atoms with E-state index in [-0.39, 0.29) is 5.91 Å². The van der Waals surface area contributed by atoms with Gasteiger partial charge in [0.25, 0.3) is 5.91 Å². The Kier molecular flexibility index (Phi) is 5.08. The molecule has 5 nitrogen and oxygen atoms in total. The maximum atomic E-state index is 13.0. The Morgan fingerprint density at radius 2 is 1.81 bits per heavy atom. The number of nitrogens with zero attached hydrogens (tertiary/aromatic N) is 1. The first-order valence-corrected chi connectivity index (χ1v) is 11.2. The zero-order valence-electron chi connectivity index (χ0n) is 17.3. The Balaban J connectivity index is 1.68. The second-order valence-electron chi connectivity index (χ2n) is 7.69. The summed E-state index contributed by atoms with van der Waals surface area (Å²) in [6.07, 6.45) is 4.20. The lowest BCUT2D eigenvalue weighted by molar-refractivity contribution is 0.103. The number of hydrogen-bond donors (Lipinski definition) is 2. The Labute approximate surface area is 184 Å². The van der Waals surface area contributed by atoms with Crippen molar-refractivity contribution in [1.29, 1.82) is 0 Å². The molecule has 0 saturated carbocycles. The van der Waals surface area contributed by atoms with E-state index < -0.39 is 0 Å². The van der Waals surface area contributed by atoms with Crippen LogP contribution in [-0.4, -0.2) is 18.0 Å². The van der Waals surface area contributed by atoms with Gasteiger partial charge >= 0.3 is 0 Å². The van der Waals surface area contributed by atoms with Gasteiger partial charge in [-0.1, -0.05) is 30.3 Å². The topological polar surface area (TPSA) is 77.2 Å². The summed E-state index contributed by atoms with van der Waals surface area (Å²) in [5.74, 6) is 0.606. The predicted octanol–water partition coefficient (Wildman–Crippen LogP) is 5.69. The lowest BCUT2D eigenvalue weighted by Gasteiger charge is -2.20. The number of aryl methyl sites for hydroxylation is 1. The fraction of sp³-hybridized carbons (Fsp3) is 0.200. The number of carbonyl (C=O) groups excluding carboxylic acids is 1. The molecule has 2 aromatic carbocycles. The zero-order valence-corrected chi connectivity index (χ0v) is 18.1. The highest BCUT2D eigenvalue weighted by molar-refractivity contribution is 7.21. The van der Waals surface area contributed by atoms with E-state index in [4.69, 9.17) is 15.5 Å². The van der Waals surface area contributed by atoms with Crippen molar-refractivity contribution >= 4 is 38.8 Å². The molecule has 2 aromatic heterocycles. The quantitative estimate of drug-likeness (QED) is 0.437. The second-order valence-corrected chi connectivity index (χ2v) is 8.69. The third-order valence-corrected chi connectivity index (χ3v) is 6.87. The molecule has 156 valence electrons. The molecule has 5 rings (SSSR count). The van der Waals surface area contributed by atoms with Gasteiger partial charge in [0, 0.05) is 16.8 Å². The van der Waals surface area contributed by atoms with Gasteiger partial charge in [-0.2, -0.15) is 0 Å². The number of benzene rings is 2. The first-order chi connectivity index (χ1) is 15.2. The van der Waals surface area contributed by atoms with Crippen LogP contribution in [0.5, 0.6) is 5.75 Å². The predicted molar refractivity (Wildman–Crippen MR) is 127 cm³/mol. The average molecular weight is 430 g/mol. The zero-order chi connectivity index (χ0) is 21.4. The molecule has 2 heterocycles. The standard InChI is InChI=1S/C25H23N3O2S/c1-30-17-13-11-15(12-14-17)20-18-9-5-6-10-19(18)28-25-21(20)22(26)23(31-25)24(29)27-16-7-3-2-4-8-16/h2-4,7-8,11-14H,5-6,9-10,26H2,1H3,(H,27,29). The first-order valence-electron chi connectivity index (χ1n) is 10.4. The minimum atomic E-state index is -0.203. The summed E-state index contributed by atoms with van der Waals surface area (Å²) < 4.78 is 5.33. The van der Waals surface area contributed by atoms with Crippen LogP contribution in [0, 0.1) is 0 Å². The number of methoxy groups -OCH3 is 1. The highest BCUT2D eigenvalue weighted by Gasteiger charge is 2.25. The number of fused-ring (bicyclic) bond motifs is 2. The van der Waals surface area contributed by atoms with Crippen molar-refractivity contribution in [2.45, 2.75) is 25.7 Å². The van der Waals surface area contributed by atoms with Crippen LogP contribution < -0.4 is 15.8 Å². The largest absolute Gasteiger partial charge is 0.497 e. The number of pyridine rings is 1. The number of ether oxygens (including phenoxy) is 1. The number of amides is 1. The van der Waals surface area contributed by atoms with Gasteiger partial charge in [-0.3, -0.25) is 4.79 Å². The van der Waals surface area contributed by atoms with E-state index >= 15 is 0 Å². The number of para-hydroxylation sites is 1. The van der Waals surface area contributed by atoms with E-state index in [1.54, 1.807) is 7.11 Å². The number of nitrogens with one attached hydrogen (secondary N) is 1. The molecular weight excluding hydrogens is 406 g/mol. The van der Waals surface area contributed by atoms with E-state index in [0.717, 1.165) is 64.2 Å². The Hall–Kier alpha value is -3.38. The van der Waals surface area contributed by atoms with Gasteiger partial charge in [0.2, 0.25) is 0 Å². The molecule has 0 unspecified atom stereocenters. The molecule has 1 amide bonds. The third kappa shape index (κ3) is 3.53. The van der Waals surface area contributed by atoms with Crippen molar-refractivity contribution in [2.75, 3.05) is 18.2 Å². The summed E-state index contributed by atoms with van der Waals surface area (Å²) in [5.41, 5.74) is 12.4. The molecule has 0 saturated heterocycles. The summed E-state index contributed by atoms with van der Waals surface area (Å²) in [5, 5.41) is 3.83. The smallest absolute Gasteiger partial charge is 0.267 e. The van der Waals surface area contributed by atoms with Crippen LogP contribution in [0.2, 0.25) is 0 Å². The van der Waals surface area contributed by atoms with Crippen LogP contribution in [0.15, 0.2) is 54.6 Å². The van der Waals surface area contributed by atoms with Gasteiger partial charge in [-0.15, -0.1) is 11.3 Å². The maximum Gasteiger partial charge on any atom is 0.267 e. The average Bonchev–Trinajstić information content (AvgIpc) is 3.14. The molecule has 1 aliphatic carbocycles. The van der Waals surface area contributed by atoms with Gasteiger partial charge in [0.1, 0.15) is 15.5 Å². The molecule has 4 aromatic rings. The molecule has 0 spiro atoms. The second kappa shape index (κ2) is 8.04. The van der Waals surface area contributed by atoms with E-state index in [2.05, 4.69) is 17.4 Å². The van der Waals surface area contributed by atoms with Gasteiger partial charge < -0.3 is 15.8 Å². The Morgan fingerprint density at radius 1 is 1.06 bits per heavy atom. The summed E-state index contributed by atoms with van der Waals surface area (Å²) in [4.78, 5) is 19.3. The number of rotatable bonds is 4. The third-order valence-electron chi connectivity index (χ3n) is 5.77. The highest BCUT2D eigenvalue weighted by atomic mass is 32.1. The van der Waals surface area contributed by atoms with E-state index in [9.17, 15) is 4.79 Å². The molecule has 0 fully saturated rings. The fourth-order valence-electron chi connectivity index (χ4n) is 4.26. The number of nitrogen functional groups attached to an aromatic ring is 1. The maximum absolute atomic E-state index is 13.0. The Bertz CT molecular complexity index is 1260. The molecule has 0 atom stereocenters. The number of thiophene rings is 1. The van der Waals surface area contributed by atoms with Crippen molar-refractivity contribution < 1.29 is 9.53 Å². The summed E-state index contributed by atoms with van der Waals surface area (Å²) >= 11 is 1.37. The van der Waals surface area contributed by atoms with Crippen LogP contribution in [0.25, 0.3) is 21.3 Å². The number of nitrogens with two attached hydrogens (primary N) is 1. The monoisotopic (exact) mass is 429 g/mol. The van der Waals surface area contributed by atoms with Crippen molar-refractivity contribution in [3.8, 4) is 16.9 Å². The number of aromatic nitrogens is 1. The fourth-order valence-corrected chi connectivity index (χ4v) is 5.28. The molecule has 3 N–H and O–H groups in total. The molecule has 31 heavy (non-hydrogen) atoms. The molecular formula is C25H23N3O2S. The van der Waals surface area contributed by atoms with E-state index in [0.29, 0.717) is 10.6 Å². The SMILES string of the molecule is COc1ccc(-c2c3c(nc4sc(C(=O)Nc5ccccc5)c(N)c24)CCCC3)cc1. The number of anilines is 2. The van der Waals surface area contributed by atoms with Gasteiger partial charge in [0.05, 0.1) is 12.8 Å². The van der Waals surface area contributed by atoms with Crippen molar-refractivity contribution in [1.82, 2.24) is 4.98 Å². The minimum absolute atomic E-state index is 0.203. The highest BCUT2D eigenvalue weighted by Crippen LogP contribution is 2.44. The van der Waals surface area contributed by atoms with Crippen LogP contribution in [0.1, 0.15) is 33.8 Å². The van der Waals surface area contributed by atoms with E-state index in [1.165, 1.54) is 16.9 Å².